The molecule has 1 atom stereocenters. The maximum atomic E-state index is 11.9. The second kappa shape index (κ2) is 6.10. The zero-order valence-electron chi connectivity index (χ0n) is 11.1. The zero-order chi connectivity index (χ0) is 13.9. The van der Waals surface area contributed by atoms with Crippen LogP contribution in [-0.2, 0) is 26.9 Å². The van der Waals surface area contributed by atoms with E-state index in [1.165, 1.54) is 11.3 Å². The summed E-state index contributed by atoms with van der Waals surface area (Å²) < 4.78 is 28.8. The number of sulfone groups is 1. The predicted octanol–water partition coefficient (Wildman–Crippen LogP) is 1.63. The van der Waals surface area contributed by atoms with E-state index in [4.69, 9.17) is 10.5 Å². The van der Waals surface area contributed by atoms with Gasteiger partial charge in [-0.3, -0.25) is 0 Å². The van der Waals surface area contributed by atoms with Gasteiger partial charge in [-0.15, -0.1) is 11.3 Å². The van der Waals surface area contributed by atoms with Crippen LogP contribution in [0.5, 0.6) is 0 Å². The number of hydrogen-bond acceptors (Lipinski definition) is 6. The highest BCUT2D eigenvalue weighted by molar-refractivity contribution is 7.91. The summed E-state index contributed by atoms with van der Waals surface area (Å²) in [6.07, 6.45) is 0. The van der Waals surface area contributed by atoms with E-state index in [0.29, 0.717) is 11.6 Å². The Bertz CT molecular complexity index is 492. The number of aromatic nitrogens is 1. The Morgan fingerprint density at radius 3 is 2.44 bits per heavy atom. The molecular weight excluding hydrogens is 272 g/mol. The van der Waals surface area contributed by atoms with E-state index in [9.17, 15) is 8.42 Å². The van der Waals surface area contributed by atoms with Gasteiger partial charge in [-0.05, 0) is 20.8 Å². The Hall–Kier alpha value is -0.500. The lowest BCUT2D eigenvalue weighted by Crippen LogP contribution is -2.15. The second-order valence-corrected chi connectivity index (χ2v) is 8.17. The van der Waals surface area contributed by atoms with Crippen LogP contribution in [0, 0.1) is 0 Å². The zero-order valence-corrected chi connectivity index (χ0v) is 12.8. The number of thiazole rings is 1. The van der Waals surface area contributed by atoms with Crippen molar-refractivity contribution in [3.05, 3.63) is 15.6 Å². The average Bonchev–Trinajstić information content (AvgIpc) is 2.60. The quantitative estimate of drug-likeness (QED) is 0.861. The summed E-state index contributed by atoms with van der Waals surface area (Å²) in [6.45, 7) is 5.56. The van der Waals surface area contributed by atoms with Crippen LogP contribution in [-0.4, -0.2) is 25.8 Å². The van der Waals surface area contributed by atoms with E-state index in [-0.39, 0.29) is 11.8 Å². The lowest BCUT2D eigenvalue weighted by atomic mass is 10.2. The lowest BCUT2D eigenvalue weighted by molar-refractivity contribution is 0.181. The van der Waals surface area contributed by atoms with Crippen molar-refractivity contribution in [3.8, 4) is 0 Å². The topological polar surface area (TPSA) is 82.3 Å². The van der Waals surface area contributed by atoms with Gasteiger partial charge in [-0.2, -0.15) is 0 Å². The van der Waals surface area contributed by atoms with E-state index in [0.717, 1.165) is 10.6 Å². The lowest BCUT2D eigenvalue weighted by Gasteiger charge is -2.04. The van der Waals surface area contributed by atoms with Crippen molar-refractivity contribution in [2.75, 3.05) is 7.11 Å². The van der Waals surface area contributed by atoms with Crippen LogP contribution in [0.1, 0.15) is 42.4 Å². The fourth-order valence-corrected chi connectivity index (χ4v) is 3.70. The summed E-state index contributed by atoms with van der Waals surface area (Å²) in [5.41, 5.74) is 6.59. The normalized spacial score (nSPS) is 14.1. The Kier molecular flexibility index (Phi) is 5.27. The van der Waals surface area contributed by atoms with Crippen molar-refractivity contribution < 1.29 is 13.2 Å². The maximum absolute atomic E-state index is 11.9. The molecular formula is C11H20N2O3S2. The van der Waals surface area contributed by atoms with Crippen molar-refractivity contribution in [1.29, 1.82) is 0 Å². The average molecular weight is 292 g/mol. The smallest absolute Gasteiger partial charge is 0.159 e. The minimum Gasteiger partial charge on any atom is -0.378 e. The number of hydrogen-bond donors (Lipinski definition) is 1. The van der Waals surface area contributed by atoms with Gasteiger partial charge in [0.1, 0.15) is 10.8 Å². The summed E-state index contributed by atoms with van der Waals surface area (Å²) in [4.78, 5) is 5.22. The standard InChI is InChI=1S/C11H20N2O3S2/c1-7(2)18(14,15)6-10-13-9(5-16-4)11(17-10)8(3)12/h7-8H,5-6,12H2,1-4H3. The molecule has 1 rings (SSSR count). The van der Waals surface area contributed by atoms with Crippen LogP contribution >= 0.6 is 11.3 Å². The van der Waals surface area contributed by atoms with Gasteiger partial charge in [-0.25, -0.2) is 13.4 Å². The molecule has 0 bridgehead atoms. The molecule has 0 aliphatic rings. The molecule has 7 heteroatoms. The van der Waals surface area contributed by atoms with E-state index < -0.39 is 15.1 Å². The predicted molar refractivity (Wildman–Crippen MR) is 73.2 cm³/mol. The van der Waals surface area contributed by atoms with Gasteiger partial charge in [0.05, 0.1) is 17.6 Å². The third kappa shape index (κ3) is 3.74. The summed E-state index contributed by atoms with van der Waals surface area (Å²) >= 11 is 1.36. The molecule has 0 spiro atoms. The van der Waals surface area contributed by atoms with Gasteiger partial charge in [0.25, 0.3) is 0 Å². The molecule has 0 aromatic carbocycles. The Morgan fingerprint density at radius 2 is 2.00 bits per heavy atom. The Balaban J connectivity index is 3.02. The fourth-order valence-electron chi connectivity index (χ4n) is 1.41. The monoisotopic (exact) mass is 292 g/mol. The van der Waals surface area contributed by atoms with Crippen molar-refractivity contribution in [2.45, 2.75) is 44.4 Å². The largest absolute Gasteiger partial charge is 0.378 e. The minimum absolute atomic E-state index is 0.0290. The summed E-state index contributed by atoms with van der Waals surface area (Å²) in [5, 5.41) is 0.189. The Morgan fingerprint density at radius 1 is 1.39 bits per heavy atom. The number of nitrogens with two attached hydrogens (primary N) is 1. The first-order valence-electron chi connectivity index (χ1n) is 5.72. The highest BCUT2D eigenvalue weighted by Gasteiger charge is 2.21. The molecule has 18 heavy (non-hydrogen) atoms. The number of methoxy groups -OCH3 is 1. The van der Waals surface area contributed by atoms with Crippen LogP contribution < -0.4 is 5.73 Å². The van der Waals surface area contributed by atoms with Crippen LogP contribution in [0.3, 0.4) is 0 Å². The van der Waals surface area contributed by atoms with E-state index in [2.05, 4.69) is 4.98 Å². The Labute approximate surface area is 112 Å². The number of ether oxygens (including phenoxy) is 1. The van der Waals surface area contributed by atoms with Gasteiger partial charge in [0.15, 0.2) is 9.84 Å². The van der Waals surface area contributed by atoms with Gasteiger partial charge >= 0.3 is 0 Å². The highest BCUT2D eigenvalue weighted by atomic mass is 32.2. The van der Waals surface area contributed by atoms with Crippen LogP contribution in [0.4, 0.5) is 0 Å². The van der Waals surface area contributed by atoms with Crippen molar-refractivity contribution >= 4 is 21.2 Å². The first kappa shape index (κ1) is 15.6. The molecule has 0 aliphatic carbocycles. The highest BCUT2D eigenvalue weighted by Crippen LogP contribution is 2.26. The number of nitrogens with zero attached hydrogens (tertiary/aromatic N) is 1. The molecule has 1 aromatic rings. The molecule has 0 amide bonds. The van der Waals surface area contributed by atoms with Gasteiger partial charge < -0.3 is 10.5 Å². The van der Waals surface area contributed by atoms with Crippen LogP contribution in [0.25, 0.3) is 0 Å². The molecule has 0 saturated carbocycles. The first-order valence-corrected chi connectivity index (χ1v) is 8.25. The maximum Gasteiger partial charge on any atom is 0.159 e. The molecule has 0 radical (unpaired) electrons. The molecule has 1 aromatic heterocycles. The van der Waals surface area contributed by atoms with E-state index >= 15 is 0 Å². The van der Waals surface area contributed by atoms with Crippen molar-refractivity contribution in [1.82, 2.24) is 4.98 Å². The molecule has 104 valence electrons. The van der Waals surface area contributed by atoms with Crippen LogP contribution in [0.2, 0.25) is 0 Å². The first-order chi connectivity index (χ1) is 8.27. The molecule has 0 saturated heterocycles. The summed E-state index contributed by atoms with van der Waals surface area (Å²) in [7, 11) is -1.55. The van der Waals surface area contributed by atoms with Gasteiger partial charge in [0.2, 0.25) is 0 Å². The minimum atomic E-state index is -3.13. The van der Waals surface area contributed by atoms with E-state index in [1.807, 2.05) is 6.92 Å². The third-order valence-corrected chi connectivity index (χ3v) is 6.10. The van der Waals surface area contributed by atoms with Crippen molar-refractivity contribution in [3.63, 3.8) is 0 Å². The molecule has 5 nitrogen and oxygen atoms in total. The molecule has 0 aliphatic heterocycles. The van der Waals surface area contributed by atoms with Crippen molar-refractivity contribution in [2.24, 2.45) is 5.73 Å². The molecule has 1 unspecified atom stereocenters. The summed E-state index contributed by atoms with van der Waals surface area (Å²) in [6, 6.07) is -0.164. The third-order valence-electron chi connectivity index (χ3n) is 2.51. The molecule has 2 N–H and O–H groups in total. The molecule has 1 heterocycles. The SMILES string of the molecule is COCc1nc(CS(=O)(=O)C(C)C)sc1C(C)N. The second-order valence-electron chi connectivity index (χ2n) is 4.50. The van der Waals surface area contributed by atoms with Crippen LogP contribution in [0.15, 0.2) is 0 Å². The summed E-state index contributed by atoms with van der Waals surface area (Å²) in [5.74, 6) is -0.0290. The van der Waals surface area contributed by atoms with Gasteiger partial charge in [-0.1, -0.05) is 0 Å². The van der Waals surface area contributed by atoms with E-state index in [1.54, 1.807) is 21.0 Å². The van der Waals surface area contributed by atoms with Gasteiger partial charge in [0, 0.05) is 18.0 Å². The molecule has 0 fully saturated rings. The number of rotatable bonds is 6. The fraction of sp³-hybridized carbons (Fsp3) is 0.727.